The molecule has 0 saturated carbocycles. The van der Waals surface area contributed by atoms with Crippen molar-refractivity contribution in [2.45, 2.75) is 61.6 Å². The average molecular weight is 890 g/mol. The Kier molecular flexibility index (Phi) is 16.1. The predicted octanol–water partition coefficient (Wildman–Crippen LogP) is 6.75. The second-order valence-electron chi connectivity index (χ2n) is 16.2. The highest BCUT2D eigenvalue weighted by molar-refractivity contribution is 8.00. The van der Waals surface area contributed by atoms with Gasteiger partial charge in [0.2, 0.25) is 23.6 Å². The van der Waals surface area contributed by atoms with Crippen LogP contribution in [0.3, 0.4) is 0 Å². The molecule has 0 aliphatic rings. The summed E-state index contributed by atoms with van der Waals surface area (Å²) in [5.74, 6) is -4.52. The molecule has 0 heterocycles. The fourth-order valence-corrected chi connectivity index (χ4v) is 9.42. The van der Waals surface area contributed by atoms with Gasteiger partial charge in [-0.05, 0) is 46.2 Å². The Bertz CT molecular complexity index is 2300. The highest BCUT2D eigenvalue weighted by Crippen LogP contribution is 2.48. The van der Waals surface area contributed by atoms with E-state index in [1.54, 1.807) is 13.8 Å². The van der Waals surface area contributed by atoms with Crippen molar-refractivity contribution in [2.75, 3.05) is 5.75 Å². The van der Waals surface area contributed by atoms with Crippen LogP contribution in [0, 0.1) is 5.92 Å². The number of amides is 4. The van der Waals surface area contributed by atoms with Crippen molar-refractivity contribution >= 4 is 41.4 Å². The van der Waals surface area contributed by atoms with E-state index in [1.807, 2.05) is 182 Å². The normalized spacial score (nSPS) is 13.4. The van der Waals surface area contributed by atoms with Gasteiger partial charge >= 0.3 is 5.97 Å². The van der Waals surface area contributed by atoms with Gasteiger partial charge in [0.25, 0.3) is 0 Å². The first kappa shape index (κ1) is 47.5. The predicted molar refractivity (Wildman–Crippen MR) is 256 cm³/mol. The number of nitrogens with one attached hydrogen (secondary N) is 4. The number of carboxylic acids is 1. The molecule has 6 aromatic carbocycles. The van der Waals surface area contributed by atoms with Gasteiger partial charge in [0.1, 0.15) is 23.7 Å². The molecular formula is C53H55N5O6S. The van der Waals surface area contributed by atoms with Crippen LogP contribution in [0.25, 0.3) is 0 Å². The van der Waals surface area contributed by atoms with E-state index in [9.17, 15) is 29.1 Å². The van der Waals surface area contributed by atoms with Gasteiger partial charge < -0.3 is 32.1 Å². The SMILES string of the molecule is CC(C)[C@H](NC(=O)[C@H](CC(=O)NC(c1ccccc1)(c1ccccc1)c1ccccc1)NC(=O)[C@@H](N)CSC(c1ccccc1)(c1ccccc1)c1ccccc1)C(=O)N[C@@H](C)C(=O)O. The molecule has 4 amide bonds. The molecule has 0 spiro atoms. The number of thioether (sulfide) groups is 1. The Hall–Kier alpha value is -7.02. The van der Waals surface area contributed by atoms with Crippen LogP contribution in [0.5, 0.6) is 0 Å². The molecule has 334 valence electrons. The summed E-state index contributed by atoms with van der Waals surface area (Å²) >= 11 is 1.47. The minimum atomic E-state index is -1.52. The van der Waals surface area contributed by atoms with Crippen LogP contribution in [0.4, 0.5) is 0 Å². The van der Waals surface area contributed by atoms with E-state index in [1.165, 1.54) is 18.7 Å². The molecule has 7 N–H and O–H groups in total. The smallest absolute Gasteiger partial charge is 0.325 e. The number of aliphatic carboxylic acids is 1. The van der Waals surface area contributed by atoms with Crippen molar-refractivity contribution in [2.24, 2.45) is 11.7 Å². The Labute approximate surface area is 384 Å². The van der Waals surface area contributed by atoms with Crippen LogP contribution in [0.2, 0.25) is 0 Å². The van der Waals surface area contributed by atoms with Crippen LogP contribution in [0.15, 0.2) is 182 Å². The quantitative estimate of drug-likeness (QED) is 0.0456. The van der Waals surface area contributed by atoms with Crippen molar-refractivity contribution in [3.63, 3.8) is 0 Å². The van der Waals surface area contributed by atoms with Gasteiger partial charge in [-0.1, -0.05) is 196 Å². The third kappa shape index (κ3) is 11.2. The number of hydrogen-bond donors (Lipinski definition) is 6. The lowest BCUT2D eigenvalue weighted by Crippen LogP contribution is -2.59. The molecule has 0 saturated heterocycles. The number of hydrogen-bond acceptors (Lipinski definition) is 7. The van der Waals surface area contributed by atoms with Crippen molar-refractivity contribution in [3.05, 3.63) is 215 Å². The minimum Gasteiger partial charge on any atom is -0.480 e. The molecule has 0 aliphatic heterocycles. The molecule has 0 radical (unpaired) electrons. The molecule has 0 fully saturated rings. The zero-order chi connectivity index (χ0) is 46.4. The number of carbonyl (C=O) groups is 5. The van der Waals surface area contributed by atoms with Gasteiger partial charge in [0.15, 0.2) is 0 Å². The summed E-state index contributed by atoms with van der Waals surface area (Å²) in [6, 6.07) is 53.1. The van der Waals surface area contributed by atoms with Crippen molar-refractivity contribution in [1.82, 2.24) is 21.3 Å². The number of carbonyl (C=O) groups excluding carboxylic acids is 4. The maximum atomic E-state index is 14.7. The first-order chi connectivity index (χ1) is 31.4. The summed E-state index contributed by atoms with van der Waals surface area (Å²) in [7, 11) is 0. The molecular weight excluding hydrogens is 835 g/mol. The zero-order valence-electron chi connectivity index (χ0n) is 36.6. The molecule has 0 aliphatic carbocycles. The van der Waals surface area contributed by atoms with E-state index in [-0.39, 0.29) is 5.75 Å². The van der Waals surface area contributed by atoms with Crippen LogP contribution >= 0.6 is 11.8 Å². The molecule has 6 rings (SSSR count). The van der Waals surface area contributed by atoms with E-state index in [0.717, 1.165) is 33.4 Å². The number of benzene rings is 6. The summed E-state index contributed by atoms with van der Waals surface area (Å²) in [5, 5.41) is 20.6. The van der Waals surface area contributed by atoms with Crippen molar-refractivity contribution in [3.8, 4) is 0 Å². The van der Waals surface area contributed by atoms with E-state index in [4.69, 9.17) is 5.73 Å². The Morgan fingerprint density at radius 3 is 1.25 bits per heavy atom. The molecule has 0 aromatic heterocycles. The summed E-state index contributed by atoms with van der Waals surface area (Å²) in [5.41, 5.74) is 10.7. The maximum Gasteiger partial charge on any atom is 0.325 e. The third-order valence-electron chi connectivity index (χ3n) is 11.3. The topological polar surface area (TPSA) is 180 Å². The molecule has 0 unspecified atom stereocenters. The largest absolute Gasteiger partial charge is 0.480 e. The van der Waals surface area contributed by atoms with E-state index < -0.39 is 76.4 Å². The standard InChI is InChI=1S/C53H55N5O6S/c1-36(2)47(50(62)55-37(3)51(63)64)57-49(61)45(34-46(59)58-52(38-22-10-4-11-23-38,39-24-12-5-13-25-39)40-26-14-6-15-27-40)56-48(60)44(54)35-65-53(41-28-16-7-17-29-41,42-30-18-8-19-31-42)43-32-20-9-21-33-43/h4-33,36-37,44-45,47H,34-35,54H2,1-3H3,(H,55,62)(H,56,60)(H,57,61)(H,58,59)(H,63,64)/t37-,44-,45-,47-/m0/s1. The first-order valence-electron chi connectivity index (χ1n) is 21.5. The van der Waals surface area contributed by atoms with Crippen LogP contribution in [-0.4, -0.2) is 64.6 Å². The first-order valence-corrected chi connectivity index (χ1v) is 22.5. The second kappa shape index (κ2) is 22.1. The Balaban J connectivity index is 1.34. The fraction of sp³-hybridized carbons (Fsp3) is 0.226. The van der Waals surface area contributed by atoms with Crippen LogP contribution in [0.1, 0.15) is 60.6 Å². The molecule has 11 nitrogen and oxygen atoms in total. The van der Waals surface area contributed by atoms with Gasteiger partial charge in [0.05, 0.1) is 17.2 Å². The molecule has 6 aromatic rings. The molecule has 65 heavy (non-hydrogen) atoms. The van der Waals surface area contributed by atoms with Crippen LogP contribution in [-0.2, 0) is 34.3 Å². The summed E-state index contributed by atoms with van der Waals surface area (Å²) in [6.45, 7) is 4.69. The Morgan fingerprint density at radius 1 is 0.523 bits per heavy atom. The van der Waals surface area contributed by atoms with Gasteiger partial charge in [-0.3, -0.25) is 24.0 Å². The van der Waals surface area contributed by atoms with Crippen molar-refractivity contribution < 1.29 is 29.1 Å². The highest BCUT2D eigenvalue weighted by Gasteiger charge is 2.41. The number of rotatable bonds is 20. The maximum absolute atomic E-state index is 14.7. The summed E-state index contributed by atoms with van der Waals surface area (Å²) in [4.78, 5) is 68.6. The van der Waals surface area contributed by atoms with Gasteiger partial charge in [-0.15, -0.1) is 11.8 Å². The average Bonchev–Trinajstić information content (AvgIpc) is 3.34. The summed E-state index contributed by atoms with van der Waals surface area (Å²) in [6.07, 6.45) is -0.550. The molecule has 4 atom stereocenters. The van der Waals surface area contributed by atoms with Gasteiger partial charge in [-0.2, -0.15) is 0 Å². The number of nitrogens with two attached hydrogens (primary N) is 1. The fourth-order valence-electron chi connectivity index (χ4n) is 7.93. The van der Waals surface area contributed by atoms with Gasteiger partial charge in [-0.25, -0.2) is 0 Å². The third-order valence-corrected chi connectivity index (χ3v) is 13.0. The van der Waals surface area contributed by atoms with Crippen LogP contribution < -0.4 is 27.0 Å². The van der Waals surface area contributed by atoms with Gasteiger partial charge in [0, 0.05) is 5.75 Å². The molecule has 0 bridgehead atoms. The minimum absolute atomic E-state index is 0.0916. The van der Waals surface area contributed by atoms with Crippen molar-refractivity contribution in [1.29, 1.82) is 0 Å². The molecule has 12 heteroatoms. The van der Waals surface area contributed by atoms with E-state index in [2.05, 4.69) is 21.3 Å². The zero-order valence-corrected chi connectivity index (χ0v) is 37.4. The lowest BCUT2D eigenvalue weighted by Gasteiger charge is -2.37. The number of carboxylic acid groups (broad SMARTS) is 1. The highest BCUT2D eigenvalue weighted by atomic mass is 32.2. The summed E-state index contributed by atoms with van der Waals surface area (Å²) < 4.78 is -0.793. The lowest BCUT2D eigenvalue weighted by atomic mass is 9.77. The van der Waals surface area contributed by atoms with E-state index in [0.29, 0.717) is 0 Å². The lowest BCUT2D eigenvalue weighted by molar-refractivity contribution is -0.142. The van der Waals surface area contributed by atoms with E-state index >= 15 is 0 Å². The second-order valence-corrected chi connectivity index (χ2v) is 17.4. The monoisotopic (exact) mass is 889 g/mol. The Morgan fingerprint density at radius 2 is 0.892 bits per heavy atom.